The molecule has 3 heterocycles. The van der Waals surface area contributed by atoms with Gasteiger partial charge in [0.1, 0.15) is 0 Å². The van der Waals surface area contributed by atoms with Crippen LogP contribution in [-0.2, 0) is 6.54 Å². The fourth-order valence-corrected chi connectivity index (χ4v) is 4.40. The van der Waals surface area contributed by atoms with E-state index in [1.165, 1.54) is 43.7 Å². The van der Waals surface area contributed by atoms with Crippen LogP contribution in [0.1, 0.15) is 25.0 Å². The molecule has 0 bridgehead atoms. The van der Waals surface area contributed by atoms with Crippen LogP contribution in [0, 0.1) is 17.8 Å². The van der Waals surface area contributed by atoms with Gasteiger partial charge in [-0.3, -0.25) is 9.88 Å². The molecule has 4 rings (SSSR count). The van der Waals surface area contributed by atoms with E-state index in [9.17, 15) is 0 Å². The van der Waals surface area contributed by atoms with Gasteiger partial charge >= 0.3 is 0 Å². The van der Waals surface area contributed by atoms with Crippen LogP contribution in [0.4, 0.5) is 5.69 Å². The lowest BCUT2D eigenvalue weighted by Crippen LogP contribution is -2.32. The first-order chi connectivity index (χ1) is 11.4. The van der Waals surface area contributed by atoms with E-state index in [0.29, 0.717) is 0 Å². The van der Waals surface area contributed by atoms with Crippen molar-refractivity contribution in [1.29, 1.82) is 0 Å². The Bertz CT molecular complexity index is 597. The van der Waals surface area contributed by atoms with E-state index in [1.807, 2.05) is 18.6 Å². The molecule has 1 aliphatic carbocycles. The Hall–Kier alpha value is -1.88. The van der Waals surface area contributed by atoms with Gasteiger partial charge < -0.3 is 10.3 Å². The van der Waals surface area contributed by atoms with Crippen molar-refractivity contribution in [1.82, 2.24) is 19.9 Å². The Morgan fingerprint density at radius 1 is 1.17 bits per heavy atom. The van der Waals surface area contributed by atoms with Crippen LogP contribution >= 0.6 is 0 Å². The van der Waals surface area contributed by atoms with Gasteiger partial charge in [-0.25, -0.2) is 4.98 Å². The Morgan fingerprint density at radius 3 is 2.91 bits per heavy atom. The number of H-pyrrole nitrogens is 1. The molecule has 23 heavy (non-hydrogen) atoms. The van der Waals surface area contributed by atoms with E-state index in [0.717, 1.165) is 30.8 Å². The van der Waals surface area contributed by atoms with Gasteiger partial charge in [0.25, 0.3) is 0 Å². The molecule has 0 spiro atoms. The van der Waals surface area contributed by atoms with Gasteiger partial charge in [0, 0.05) is 56.2 Å². The molecule has 0 aromatic carbocycles. The van der Waals surface area contributed by atoms with Gasteiger partial charge in [-0.05, 0) is 42.7 Å². The summed E-state index contributed by atoms with van der Waals surface area (Å²) in [7, 11) is 0. The summed E-state index contributed by atoms with van der Waals surface area (Å²) in [4.78, 5) is 14.1. The van der Waals surface area contributed by atoms with Crippen LogP contribution in [0.5, 0.6) is 0 Å². The molecule has 2 aliphatic rings. The quantitative estimate of drug-likeness (QED) is 0.891. The second kappa shape index (κ2) is 6.71. The zero-order chi connectivity index (χ0) is 15.5. The molecule has 5 nitrogen and oxygen atoms in total. The summed E-state index contributed by atoms with van der Waals surface area (Å²) >= 11 is 0. The normalized spacial score (nSPS) is 27.7. The molecule has 2 N–H and O–H groups in total. The minimum absolute atomic E-state index is 0.786. The number of nitrogens with zero attached hydrogens (tertiary/aromatic N) is 3. The van der Waals surface area contributed by atoms with Crippen molar-refractivity contribution in [3.63, 3.8) is 0 Å². The van der Waals surface area contributed by atoms with E-state index >= 15 is 0 Å². The maximum absolute atomic E-state index is 4.14. The number of fused-ring (bicyclic) bond motifs is 1. The number of pyridine rings is 1. The van der Waals surface area contributed by atoms with Crippen LogP contribution in [0.15, 0.2) is 37.1 Å². The van der Waals surface area contributed by atoms with E-state index in [2.05, 4.69) is 37.3 Å². The average molecular weight is 311 g/mol. The second-order valence-corrected chi connectivity index (χ2v) is 7.00. The Morgan fingerprint density at radius 2 is 2.09 bits per heavy atom. The van der Waals surface area contributed by atoms with Crippen molar-refractivity contribution in [2.45, 2.75) is 25.8 Å². The Labute approximate surface area is 137 Å². The van der Waals surface area contributed by atoms with Crippen molar-refractivity contribution in [3.05, 3.63) is 42.7 Å². The lowest BCUT2D eigenvalue weighted by Gasteiger charge is -2.33. The van der Waals surface area contributed by atoms with Crippen molar-refractivity contribution in [2.75, 3.05) is 25.0 Å². The standard InChI is InChI=1S/C18H25N5/c1-2-14(8-21-16-4-6-19-7-5-16)18-12-23(10-15(18)3-1)11-17-9-20-13-22-17/h4-7,9,13-15,18H,1-3,8,10-12H2,(H,19,21)(H,20,22)/t14-,15+,18+/m1/s1. The highest BCUT2D eigenvalue weighted by atomic mass is 15.2. The zero-order valence-electron chi connectivity index (χ0n) is 13.5. The lowest BCUT2D eigenvalue weighted by molar-refractivity contribution is 0.207. The van der Waals surface area contributed by atoms with Gasteiger partial charge in [0.2, 0.25) is 0 Å². The summed E-state index contributed by atoms with van der Waals surface area (Å²) in [5.74, 6) is 2.49. The zero-order valence-corrected chi connectivity index (χ0v) is 13.5. The number of anilines is 1. The van der Waals surface area contributed by atoms with E-state index in [-0.39, 0.29) is 0 Å². The molecule has 2 fully saturated rings. The van der Waals surface area contributed by atoms with E-state index < -0.39 is 0 Å². The first-order valence-electron chi connectivity index (χ1n) is 8.72. The van der Waals surface area contributed by atoms with Crippen molar-refractivity contribution >= 4 is 5.69 Å². The summed E-state index contributed by atoms with van der Waals surface area (Å²) in [5, 5.41) is 3.61. The number of aromatic amines is 1. The van der Waals surface area contributed by atoms with Gasteiger partial charge in [-0.15, -0.1) is 0 Å². The number of nitrogens with one attached hydrogen (secondary N) is 2. The highest BCUT2D eigenvalue weighted by molar-refractivity contribution is 5.40. The van der Waals surface area contributed by atoms with Crippen LogP contribution < -0.4 is 5.32 Å². The summed E-state index contributed by atoms with van der Waals surface area (Å²) in [6, 6.07) is 4.11. The molecular formula is C18H25N5. The summed E-state index contributed by atoms with van der Waals surface area (Å²) < 4.78 is 0. The van der Waals surface area contributed by atoms with Gasteiger partial charge in [-0.2, -0.15) is 0 Å². The number of aromatic nitrogens is 3. The molecule has 0 amide bonds. The van der Waals surface area contributed by atoms with Crippen molar-refractivity contribution in [2.24, 2.45) is 17.8 Å². The van der Waals surface area contributed by atoms with Crippen LogP contribution in [0.25, 0.3) is 0 Å². The Kier molecular flexibility index (Phi) is 4.28. The molecule has 1 saturated heterocycles. The molecule has 0 unspecified atom stereocenters. The maximum atomic E-state index is 4.14. The monoisotopic (exact) mass is 311 g/mol. The molecule has 2 aromatic rings. The summed E-state index contributed by atoms with van der Waals surface area (Å²) in [6.07, 6.45) is 11.6. The molecule has 122 valence electrons. The largest absolute Gasteiger partial charge is 0.385 e. The second-order valence-electron chi connectivity index (χ2n) is 7.00. The third-order valence-corrected chi connectivity index (χ3v) is 5.52. The number of imidazole rings is 1. The third kappa shape index (κ3) is 3.39. The van der Waals surface area contributed by atoms with E-state index in [4.69, 9.17) is 0 Å². The first kappa shape index (κ1) is 14.7. The Balaban J connectivity index is 1.35. The minimum Gasteiger partial charge on any atom is -0.385 e. The van der Waals surface area contributed by atoms with Crippen molar-refractivity contribution in [3.8, 4) is 0 Å². The van der Waals surface area contributed by atoms with E-state index in [1.54, 1.807) is 6.33 Å². The highest BCUT2D eigenvalue weighted by Crippen LogP contribution is 2.40. The average Bonchev–Trinajstić information content (AvgIpc) is 3.23. The number of likely N-dealkylation sites (tertiary alicyclic amines) is 1. The number of rotatable bonds is 5. The molecule has 2 aromatic heterocycles. The maximum Gasteiger partial charge on any atom is 0.0922 e. The molecule has 5 heteroatoms. The predicted molar refractivity (Wildman–Crippen MR) is 90.9 cm³/mol. The van der Waals surface area contributed by atoms with Crippen LogP contribution in [-0.4, -0.2) is 39.5 Å². The predicted octanol–water partition coefficient (Wildman–Crippen LogP) is 2.76. The molecule has 1 saturated carbocycles. The fraction of sp³-hybridized carbons (Fsp3) is 0.556. The smallest absolute Gasteiger partial charge is 0.0922 e. The molecule has 1 aliphatic heterocycles. The summed E-state index contributed by atoms with van der Waals surface area (Å²) in [6.45, 7) is 4.57. The van der Waals surface area contributed by atoms with Crippen LogP contribution in [0.3, 0.4) is 0 Å². The molecular weight excluding hydrogens is 286 g/mol. The molecule has 3 atom stereocenters. The van der Waals surface area contributed by atoms with Gasteiger partial charge in [0.05, 0.1) is 6.33 Å². The third-order valence-electron chi connectivity index (χ3n) is 5.52. The number of hydrogen-bond donors (Lipinski definition) is 2. The van der Waals surface area contributed by atoms with Crippen molar-refractivity contribution < 1.29 is 0 Å². The lowest BCUT2D eigenvalue weighted by atomic mass is 9.74. The molecule has 0 radical (unpaired) electrons. The van der Waals surface area contributed by atoms with Crippen LogP contribution in [0.2, 0.25) is 0 Å². The topological polar surface area (TPSA) is 56.8 Å². The van der Waals surface area contributed by atoms with Gasteiger partial charge in [-0.1, -0.05) is 6.42 Å². The first-order valence-corrected chi connectivity index (χ1v) is 8.72. The highest BCUT2D eigenvalue weighted by Gasteiger charge is 2.39. The fourth-order valence-electron chi connectivity index (χ4n) is 4.40. The summed E-state index contributed by atoms with van der Waals surface area (Å²) in [5.41, 5.74) is 2.42. The minimum atomic E-state index is 0.786. The number of hydrogen-bond acceptors (Lipinski definition) is 4. The van der Waals surface area contributed by atoms with Gasteiger partial charge in [0.15, 0.2) is 0 Å². The SMILES string of the molecule is c1cc(NC[C@H]2CCC[C@H]3CN(Cc4cnc[nH]4)C[C@@H]23)ccn1.